The molecule has 1 saturated carbocycles. The Morgan fingerprint density at radius 3 is 2.53 bits per heavy atom. The molecule has 0 heterocycles. The predicted molar refractivity (Wildman–Crippen MR) is 61.8 cm³/mol. The quantitative estimate of drug-likeness (QED) is 0.727. The molecule has 1 aliphatic rings. The Kier molecular flexibility index (Phi) is 2.75. The third-order valence-corrected chi connectivity index (χ3v) is 3.11. The topological polar surface area (TPSA) is 78.4 Å². The SMILES string of the molecule is CNC(=O)NC1(C(=O)O)CC1c1ccccc1. The van der Waals surface area contributed by atoms with Crippen LogP contribution < -0.4 is 10.6 Å². The molecule has 0 aromatic heterocycles. The normalized spacial score (nSPS) is 26.1. The van der Waals surface area contributed by atoms with Crippen molar-refractivity contribution in [1.29, 1.82) is 0 Å². The lowest BCUT2D eigenvalue weighted by Crippen LogP contribution is -2.48. The monoisotopic (exact) mass is 234 g/mol. The van der Waals surface area contributed by atoms with Crippen LogP contribution in [0, 0.1) is 0 Å². The fourth-order valence-electron chi connectivity index (χ4n) is 2.04. The molecule has 1 aromatic carbocycles. The summed E-state index contributed by atoms with van der Waals surface area (Å²) in [7, 11) is 1.46. The zero-order chi connectivity index (χ0) is 12.5. The fourth-order valence-corrected chi connectivity index (χ4v) is 2.04. The van der Waals surface area contributed by atoms with Crippen molar-refractivity contribution in [2.45, 2.75) is 17.9 Å². The summed E-state index contributed by atoms with van der Waals surface area (Å²) in [4.78, 5) is 22.5. The van der Waals surface area contributed by atoms with Crippen LogP contribution in [0.25, 0.3) is 0 Å². The van der Waals surface area contributed by atoms with E-state index in [4.69, 9.17) is 0 Å². The molecule has 2 unspecified atom stereocenters. The lowest BCUT2D eigenvalue weighted by atomic mass is 10.1. The first-order valence-electron chi connectivity index (χ1n) is 5.38. The Morgan fingerprint density at radius 2 is 2.00 bits per heavy atom. The number of aliphatic carboxylic acids is 1. The average molecular weight is 234 g/mol. The highest BCUT2D eigenvalue weighted by Crippen LogP contribution is 2.51. The van der Waals surface area contributed by atoms with Gasteiger partial charge in [0.1, 0.15) is 5.54 Å². The predicted octanol–water partition coefficient (Wildman–Crippen LogP) is 0.926. The minimum Gasteiger partial charge on any atom is -0.479 e. The molecule has 0 radical (unpaired) electrons. The molecule has 2 amide bonds. The molecule has 2 atom stereocenters. The van der Waals surface area contributed by atoms with Gasteiger partial charge in [-0.05, 0) is 12.0 Å². The zero-order valence-corrected chi connectivity index (χ0v) is 9.43. The van der Waals surface area contributed by atoms with Crippen LogP contribution >= 0.6 is 0 Å². The Bertz CT molecular complexity index is 446. The average Bonchev–Trinajstić information content (AvgIpc) is 3.06. The summed E-state index contributed by atoms with van der Waals surface area (Å²) in [6, 6.07) is 8.88. The van der Waals surface area contributed by atoms with Crippen LogP contribution in [-0.2, 0) is 4.79 Å². The Balaban J connectivity index is 2.19. The van der Waals surface area contributed by atoms with Gasteiger partial charge in [-0.25, -0.2) is 9.59 Å². The van der Waals surface area contributed by atoms with E-state index in [1.54, 1.807) is 0 Å². The van der Waals surface area contributed by atoms with E-state index in [1.807, 2.05) is 30.3 Å². The molecular weight excluding hydrogens is 220 g/mol. The third kappa shape index (κ3) is 1.95. The standard InChI is InChI=1S/C12H14N2O3/c1-13-11(17)14-12(10(15)16)7-9(12)8-5-3-2-4-6-8/h2-6,9H,7H2,1H3,(H,15,16)(H2,13,14,17). The summed E-state index contributed by atoms with van der Waals surface area (Å²) in [5.41, 5.74) is -0.215. The zero-order valence-electron chi connectivity index (χ0n) is 9.43. The highest BCUT2D eigenvalue weighted by Gasteiger charge is 2.62. The van der Waals surface area contributed by atoms with Crippen LogP contribution in [0.15, 0.2) is 30.3 Å². The van der Waals surface area contributed by atoms with Crippen LogP contribution in [0.2, 0.25) is 0 Å². The first-order chi connectivity index (χ1) is 8.10. The number of carboxylic acids is 1. The van der Waals surface area contributed by atoms with E-state index in [0.717, 1.165) is 5.56 Å². The van der Waals surface area contributed by atoms with E-state index < -0.39 is 17.5 Å². The molecule has 3 N–H and O–H groups in total. The van der Waals surface area contributed by atoms with Crippen LogP contribution in [0.4, 0.5) is 4.79 Å². The largest absolute Gasteiger partial charge is 0.479 e. The van der Waals surface area contributed by atoms with Gasteiger partial charge >= 0.3 is 12.0 Å². The number of hydrogen-bond acceptors (Lipinski definition) is 2. The van der Waals surface area contributed by atoms with Gasteiger partial charge in [0.25, 0.3) is 0 Å². The van der Waals surface area contributed by atoms with Crippen molar-refractivity contribution in [3.63, 3.8) is 0 Å². The molecule has 1 fully saturated rings. The van der Waals surface area contributed by atoms with Gasteiger partial charge in [-0.3, -0.25) is 0 Å². The van der Waals surface area contributed by atoms with E-state index in [0.29, 0.717) is 6.42 Å². The molecule has 0 aliphatic heterocycles. The Morgan fingerprint density at radius 1 is 1.35 bits per heavy atom. The molecule has 5 nitrogen and oxygen atoms in total. The van der Waals surface area contributed by atoms with Gasteiger partial charge in [-0.1, -0.05) is 30.3 Å². The van der Waals surface area contributed by atoms with Gasteiger partial charge in [0.05, 0.1) is 0 Å². The van der Waals surface area contributed by atoms with Crippen molar-refractivity contribution in [3.05, 3.63) is 35.9 Å². The summed E-state index contributed by atoms with van der Waals surface area (Å²) in [5.74, 6) is -1.14. The molecule has 90 valence electrons. The highest BCUT2D eigenvalue weighted by atomic mass is 16.4. The van der Waals surface area contributed by atoms with Crippen molar-refractivity contribution in [2.75, 3.05) is 7.05 Å². The van der Waals surface area contributed by atoms with Gasteiger partial charge in [0.15, 0.2) is 0 Å². The molecular formula is C12H14N2O3. The van der Waals surface area contributed by atoms with Crippen LogP contribution in [0.5, 0.6) is 0 Å². The first-order valence-corrected chi connectivity index (χ1v) is 5.38. The Hall–Kier alpha value is -2.04. The van der Waals surface area contributed by atoms with Gasteiger partial charge in [-0.15, -0.1) is 0 Å². The second-order valence-corrected chi connectivity index (χ2v) is 4.15. The number of rotatable bonds is 3. The van der Waals surface area contributed by atoms with Crippen molar-refractivity contribution < 1.29 is 14.7 Å². The summed E-state index contributed by atoms with van der Waals surface area (Å²) < 4.78 is 0. The van der Waals surface area contributed by atoms with E-state index in [1.165, 1.54) is 7.05 Å². The smallest absolute Gasteiger partial charge is 0.330 e. The second-order valence-electron chi connectivity index (χ2n) is 4.15. The molecule has 0 spiro atoms. The fraction of sp³-hybridized carbons (Fsp3) is 0.333. The van der Waals surface area contributed by atoms with Gasteiger partial charge < -0.3 is 15.7 Å². The van der Waals surface area contributed by atoms with Crippen LogP contribution in [0.1, 0.15) is 17.9 Å². The number of nitrogens with one attached hydrogen (secondary N) is 2. The maximum atomic E-state index is 11.3. The highest BCUT2D eigenvalue weighted by molar-refractivity contribution is 5.91. The molecule has 5 heteroatoms. The maximum Gasteiger partial charge on any atom is 0.330 e. The minimum absolute atomic E-state index is 0.154. The molecule has 0 bridgehead atoms. The molecule has 2 rings (SSSR count). The summed E-state index contributed by atoms with van der Waals surface area (Å²) in [5, 5.41) is 14.1. The van der Waals surface area contributed by atoms with E-state index >= 15 is 0 Å². The molecule has 1 aliphatic carbocycles. The van der Waals surface area contributed by atoms with Crippen molar-refractivity contribution in [1.82, 2.24) is 10.6 Å². The van der Waals surface area contributed by atoms with Gasteiger partial charge in [0, 0.05) is 13.0 Å². The lowest BCUT2D eigenvalue weighted by Gasteiger charge is -2.14. The number of hydrogen-bond donors (Lipinski definition) is 3. The third-order valence-electron chi connectivity index (χ3n) is 3.11. The number of carbonyl (C=O) groups excluding carboxylic acids is 1. The van der Waals surface area contributed by atoms with Crippen LogP contribution in [0.3, 0.4) is 0 Å². The number of benzene rings is 1. The molecule has 17 heavy (non-hydrogen) atoms. The number of amides is 2. The van der Waals surface area contributed by atoms with Crippen LogP contribution in [-0.4, -0.2) is 29.7 Å². The van der Waals surface area contributed by atoms with E-state index in [-0.39, 0.29) is 5.92 Å². The minimum atomic E-state index is -1.15. The molecule has 1 aromatic rings. The van der Waals surface area contributed by atoms with Gasteiger partial charge in [0.2, 0.25) is 0 Å². The first kappa shape index (κ1) is 11.4. The summed E-state index contributed by atoms with van der Waals surface area (Å²) >= 11 is 0. The van der Waals surface area contributed by atoms with Gasteiger partial charge in [-0.2, -0.15) is 0 Å². The lowest BCUT2D eigenvalue weighted by molar-refractivity contribution is -0.140. The summed E-state index contributed by atoms with van der Waals surface area (Å²) in [6.07, 6.45) is 0.430. The van der Waals surface area contributed by atoms with Crippen molar-refractivity contribution >= 4 is 12.0 Å². The van der Waals surface area contributed by atoms with Crippen molar-refractivity contribution in [3.8, 4) is 0 Å². The second kappa shape index (κ2) is 4.08. The number of urea groups is 1. The number of carbonyl (C=O) groups is 2. The summed E-state index contributed by atoms with van der Waals surface area (Å²) in [6.45, 7) is 0. The number of carboxylic acid groups (broad SMARTS) is 1. The van der Waals surface area contributed by atoms with E-state index in [9.17, 15) is 14.7 Å². The maximum absolute atomic E-state index is 11.3. The van der Waals surface area contributed by atoms with E-state index in [2.05, 4.69) is 10.6 Å². The van der Waals surface area contributed by atoms with Crippen molar-refractivity contribution in [2.24, 2.45) is 0 Å². The Labute approximate surface area is 98.8 Å². The molecule has 0 saturated heterocycles.